The lowest BCUT2D eigenvalue weighted by molar-refractivity contribution is -0.116. The summed E-state index contributed by atoms with van der Waals surface area (Å²) in [6.07, 6.45) is 13.5. The molecule has 6 rings (SSSR count). The van der Waals surface area contributed by atoms with Gasteiger partial charge in [0.05, 0.1) is 35.2 Å². The van der Waals surface area contributed by atoms with Crippen molar-refractivity contribution < 1.29 is 9.18 Å². The minimum Gasteiger partial charge on any atom is -0.343 e. The number of pyridine rings is 1. The molecule has 3 N–H and O–H groups in total. The normalized spacial score (nSPS) is 13.9. The summed E-state index contributed by atoms with van der Waals surface area (Å²) in [5, 5.41) is 10.2. The third-order valence-electron chi connectivity index (χ3n) is 6.64. The molecule has 0 bridgehead atoms. The van der Waals surface area contributed by atoms with Crippen LogP contribution in [-0.2, 0) is 17.9 Å². The van der Waals surface area contributed by atoms with Crippen LogP contribution >= 0.6 is 11.5 Å². The molecule has 0 saturated carbocycles. The maximum absolute atomic E-state index is 13.8. The Kier molecular flexibility index (Phi) is 7.38. The van der Waals surface area contributed by atoms with Gasteiger partial charge in [0.2, 0.25) is 5.91 Å². The number of aryl methyl sites for hydroxylation is 1. The van der Waals surface area contributed by atoms with Gasteiger partial charge in [-0.2, -0.15) is 4.37 Å². The van der Waals surface area contributed by atoms with E-state index in [2.05, 4.69) is 46.2 Å². The number of carbonyl (C=O) groups excluding carboxylic acids is 1. The second kappa shape index (κ2) is 11.4. The fourth-order valence-electron chi connectivity index (χ4n) is 4.79. The minimum atomic E-state index is -0.579. The van der Waals surface area contributed by atoms with E-state index < -0.39 is 5.82 Å². The number of nitrogens with one attached hydrogen (secondary N) is 3. The van der Waals surface area contributed by atoms with Crippen LogP contribution in [0, 0.1) is 12.7 Å². The molecule has 13 heteroatoms. The number of piperidine rings is 1. The lowest BCUT2D eigenvalue weighted by Crippen LogP contribution is -2.29. The number of imidazole rings is 1. The molecular weight excluding hydrogens is 531 g/mol. The zero-order chi connectivity index (χ0) is 27.5. The zero-order valence-corrected chi connectivity index (χ0v) is 22.8. The Bertz CT molecular complexity index is 1640. The van der Waals surface area contributed by atoms with E-state index in [1.165, 1.54) is 43.1 Å². The van der Waals surface area contributed by atoms with Crippen LogP contribution in [0.4, 0.5) is 32.4 Å². The highest BCUT2D eigenvalue weighted by Crippen LogP contribution is 2.27. The van der Waals surface area contributed by atoms with Gasteiger partial charge in [0.1, 0.15) is 17.4 Å². The highest BCUT2D eigenvalue weighted by atomic mass is 32.1. The molecule has 11 nitrogen and oxygen atoms in total. The molecule has 0 spiro atoms. The highest BCUT2D eigenvalue weighted by molar-refractivity contribution is 7.10. The molecule has 1 saturated heterocycles. The zero-order valence-electron chi connectivity index (χ0n) is 22.0. The van der Waals surface area contributed by atoms with E-state index in [0.29, 0.717) is 11.5 Å². The third kappa shape index (κ3) is 5.95. The Morgan fingerprint density at radius 1 is 1.12 bits per heavy atom. The van der Waals surface area contributed by atoms with E-state index >= 15 is 0 Å². The smallest absolute Gasteiger partial charge is 0.244 e. The second-order valence-corrected chi connectivity index (χ2v) is 10.6. The molecule has 1 fully saturated rings. The van der Waals surface area contributed by atoms with Crippen LogP contribution < -0.4 is 16.0 Å². The van der Waals surface area contributed by atoms with Crippen molar-refractivity contribution in [2.24, 2.45) is 0 Å². The number of fused-ring (bicyclic) bond motifs is 1. The van der Waals surface area contributed by atoms with Crippen LogP contribution in [0.5, 0.6) is 0 Å². The summed E-state index contributed by atoms with van der Waals surface area (Å²) < 4.78 is 22.1. The van der Waals surface area contributed by atoms with Crippen molar-refractivity contribution >= 4 is 51.1 Å². The second-order valence-electron chi connectivity index (χ2n) is 9.81. The number of amides is 1. The van der Waals surface area contributed by atoms with E-state index in [1.807, 2.05) is 23.6 Å². The summed E-state index contributed by atoms with van der Waals surface area (Å²) in [5.74, 6) is 0.477. The molecule has 1 aliphatic heterocycles. The average molecular weight is 561 g/mol. The number of likely N-dealkylation sites (tertiary alicyclic amines) is 1. The summed E-state index contributed by atoms with van der Waals surface area (Å²) in [6.45, 7) is 5.10. The number of rotatable bonds is 9. The summed E-state index contributed by atoms with van der Waals surface area (Å²) in [6, 6.07) is 5.36. The molecule has 0 aliphatic carbocycles. The summed E-state index contributed by atoms with van der Waals surface area (Å²) in [4.78, 5) is 27.8. The lowest BCUT2D eigenvalue weighted by atomic mass is 10.1. The maximum Gasteiger partial charge on any atom is 0.244 e. The van der Waals surface area contributed by atoms with Crippen molar-refractivity contribution in [2.45, 2.75) is 39.3 Å². The predicted molar refractivity (Wildman–Crippen MR) is 153 cm³/mol. The van der Waals surface area contributed by atoms with Gasteiger partial charge in [0.25, 0.3) is 0 Å². The van der Waals surface area contributed by atoms with Crippen molar-refractivity contribution in [2.75, 3.05) is 29.0 Å². The van der Waals surface area contributed by atoms with Crippen LogP contribution in [0.15, 0.2) is 55.4 Å². The highest BCUT2D eigenvalue weighted by Gasteiger charge is 2.15. The SMILES string of the molecule is Cc1cn2c(Nc3ccn(CC(=O)Nc4ccncc4F)c3)cnc2c(Nc2cc(CN3CCCCC3)ns2)n1. The number of hydrogen-bond acceptors (Lipinski definition) is 9. The molecule has 1 amide bonds. The number of halogens is 1. The molecule has 0 unspecified atom stereocenters. The van der Waals surface area contributed by atoms with Crippen molar-refractivity contribution in [3.8, 4) is 0 Å². The third-order valence-corrected chi connectivity index (χ3v) is 7.39. The van der Waals surface area contributed by atoms with E-state index in [4.69, 9.17) is 0 Å². The minimum absolute atomic E-state index is 0.0300. The standard InChI is InChI=1S/C27H29FN10OS/c1-18-14-38-23(32-19-6-10-37(15-19)17-24(39)33-22-5-7-29-12-21(22)28)13-30-27(38)26(31-18)34-25-11-20(35-40-25)16-36-8-3-2-4-9-36/h5-7,10-15,32H,2-4,8-9,16-17H2,1H3,(H,31,34)(H,29,33,39). The van der Waals surface area contributed by atoms with Crippen LogP contribution in [0.2, 0.25) is 0 Å². The number of anilines is 5. The predicted octanol–water partition coefficient (Wildman–Crippen LogP) is 4.94. The topological polar surface area (TPSA) is 117 Å². The van der Waals surface area contributed by atoms with Crippen molar-refractivity contribution in [3.63, 3.8) is 0 Å². The van der Waals surface area contributed by atoms with Gasteiger partial charge in [0.15, 0.2) is 17.3 Å². The first kappa shape index (κ1) is 25.9. The number of carbonyl (C=O) groups is 1. The monoisotopic (exact) mass is 560 g/mol. The van der Waals surface area contributed by atoms with E-state index in [9.17, 15) is 9.18 Å². The Morgan fingerprint density at radius 2 is 2.00 bits per heavy atom. The van der Waals surface area contributed by atoms with Crippen LogP contribution in [-0.4, -0.2) is 52.2 Å². The van der Waals surface area contributed by atoms with Gasteiger partial charge in [-0.25, -0.2) is 14.4 Å². The molecule has 40 heavy (non-hydrogen) atoms. The molecule has 1 aliphatic rings. The van der Waals surface area contributed by atoms with Crippen molar-refractivity contribution in [1.82, 2.24) is 33.2 Å². The van der Waals surface area contributed by atoms with Crippen LogP contribution in [0.3, 0.4) is 0 Å². The van der Waals surface area contributed by atoms with Gasteiger partial charge in [0, 0.05) is 31.3 Å². The summed E-state index contributed by atoms with van der Waals surface area (Å²) in [5.41, 5.74) is 3.44. The van der Waals surface area contributed by atoms with E-state index in [-0.39, 0.29) is 18.1 Å². The first-order valence-electron chi connectivity index (χ1n) is 13.1. The number of aromatic nitrogens is 6. The molecule has 0 aromatic carbocycles. The van der Waals surface area contributed by atoms with Gasteiger partial charge in [-0.1, -0.05) is 6.42 Å². The summed E-state index contributed by atoms with van der Waals surface area (Å²) >= 11 is 1.43. The fraction of sp³-hybridized carbons (Fsp3) is 0.296. The van der Waals surface area contributed by atoms with Gasteiger partial charge in [-0.15, -0.1) is 0 Å². The fourth-order valence-corrected chi connectivity index (χ4v) is 5.44. The maximum atomic E-state index is 13.8. The van der Waals surface area contributed by atoms with Crippen molar-refractivity contribution in [3.05, 3.63) is 72.6 Å². The van der Waals surface area contributed by atoms with Gasteiger partial charge < -0.3 is 20.5 Å². The average Bonchev–Trinajstić information content (AvgIpc) is 3.67. The van der Waals surface area contributed by atoms with Crippen LogP contribution in [0.25, 0.3) is 5.65 Å². The molecule has 5 aromatic heterocycles. The van der Waals surface area contributed by atoms with E-state index in [1.54, 1.807) is 23.2 Å². The molecule has 0 radical (unpaired) electrons. The number of nitrogens with zero attached hydrogens (tertiary/aromatic N) is 7. The quantitative estimate of drug-likeness (QED) is 0.232. The van der Waals surface area contributed by atoms with Crippen molar-refractivity contribution in [1.29, 1.82) is 0 Å². The largest absolute Gasteiger partial charge is 0.343 e. The lowest BCUT2D eigenvalue weighted by Gasteiger charge is -2.25. The van der Waals surface area contributed by atoms with Gasteiger partial charge >= 0.3 is 0 Å². The van der Waals surface area contributed by atoms with Crippen LogP contribution in [0.1, 0.15) is 30.7 Å². The molecule has 5 aromatic rings. The summed E-state index contributed by atoms with van der Waals surface area (Å²) in [7, 11) is 0. The Hall–Kier alpha value is -4.36. The molecular formula is C27H29FN10OS. The van der Waals surface area contributed by atoms with Gasteiger partial charge in [-0.05, 0) is 62.6 Å². The molecule has 206 valence electrons. The van der Waals surface area contributed by atoms with Gasteiger partial charge in [-0.3, -0.25) is 19.1 Å². The molecule has 0 atom stereocenters. The van der Waals surface area contributed by atoms with E-state index in [0.717, 1.165) is 53.7 Å². The molecule has 6 heterocycles. The first-order chi connectivity index (χ1) is 19.5. The number of hydrogen-bond donors (Lipinski definition) is 3. The Morgan fingerprint density at radius 3 is 2.85 bits per heavy atom. The first-order valence-corrected chi connectivity index (χ1v) is 13.9. The Balaban J connectivity index is 1.13. The Labute approximate surface area is 234 Å².